The Morgan fingerprint density at radius 2 is 1.86 bits per heavy atom. The summed E-state index contributed by atoms with van der Waals surface area (Å²) in [6.07, 6.45) is -3.87. The van der Waals surface area contributed by atoms with Crippen LogP contribution in [-0.4, -0.2) is 59.2 Å². The number of piperidine rings is 1. The van der Waals surface area contributed by atoms with Crippen molar-refractivity contribution in [3.05, 3.63) is 35.6 Å². The van der Waals surface area contributed by atoms with Crippen LogP contribution in [0.3, 0.4) is 0 Å². The van der Waals surface area contributed by atoms with Gasteiger partial charge in [0.2, 0.25) is 0 Å². The van der Waals surface area contributed by atoms with Gasteiger partial charge >= 0.3 is 6.36 Å². The number of aliphatic hydroxyl groups is 1. The van der Waals surface area contributed by atoms with E-state index in [1.807, 2.05) is 0 Å². The van der Waals surface area contributed by atoms with Crippen LogP contribution in [0.1, 0.15) is 12.8 Å². The van der Waals surface area contributed by atoms with Crippen molar-refractivity contribution in [2.24, 2.45) is 0 Å². The molecule has 11 heteroatoms. The van der Waals surface area contributed by atoms with Crippen LogP contribution in [0.5, 0.6) is 5.75 Å². The molecule has 1 atom stereocenters. The molecular formula is C17H21F3N2O5S. The van der Waals surface area contributed by atoms with E-state index in [9.17, 15) is 22.2 Å². The number of rotatable bonds is 7. The predicted octanol–water partition coefficient (Wildman–Crippen LogP) is 1.71. The van der Waals surface area contributed by atoms with E-state index in [1.54, 1.807) is 4.31 Å². The lowest BCUT2D eigenvalue weighted by atomic mass is 10.0. The van der Waals surface area contributed by atoms with Gasteiger partial charge in [0.05, 0.1) is 18.6 Å². The van der Waals surface area contributed by atoms with Gasteiger partial charge in [0.1, 0.15) is 16.7 Å². The zero-order chi connectivity index (χ0) is 20.7. The number of nitrogens with zero attached hydrogens (tertiary/aromatic N) is 1. The second kappa shape index (κ2) is 9.89. The number of hydrogen-bond donors (Lipinski definition) is 2. The number of hydrogen-bond acceptors (Lipinski definition) is 5. The van der Waals surface area contributed by atoms with E-state index < -0.39 is 23.3 Å². The molecule has 2 rings (SSSR count). The van der Waals surface area contributed by atoms with Crippen molar-refractivity contribution in [2.45, 2.75) is 24.1 Å². The van der Waals surface area contributed by atoms with Gasteiger partial charge < -0.3 is 19.9 Å². The van der Waals surface area contributed by atoms with Gasteiger partial charge in [0.25, 0.3) is 5.91 Å². The molecule has 1 heterocycles. The lowest BCUT2D eigenvalue weighted by Crippen LogP contribution is -2.35. The lowest BCUT2D eigenvalue weighted by molar-refractivity contribution is -0.274. The van der Waals surface area contributed by atoms with E-state index in [1.165, 1.54) is 19.2 Å². The molecule has 1 fully saturated rings. The molecule has 0 aromatic heterocycles. The minimum atomic E-state index is -4.78. The quantitative estimate of drug-likeness (QED) is 0.516. The van der Waals surface area contributed by atoms with E-state index in [-0.39, 0.29) is 24.7 Å². The number of halogens is 3. The van der Waals surface area contributed by atoms with Crippen molar-refractivity contribution in [1.29, 1.82) is 0 Å². The van der Waals surface area contributed by atoms with Gasteiger partial charge in [-0.05, 0) is 42.7 Å². The van der Waals surface area contributed by atoms with Crippen LogP contribution in [-0.2, 0) is 20.5 Å². The predicted molar refractivity (Wildman–Crippen MR) is 94.5 cm³/mol. The summed E-state index contributed by atoms with van der Waals surface area (Å²) < 4.78 is 59.9. The fraction of sp³-hybridized carbons (Fsp3) is 0.471. The van der Waals surface area contributed by atoms with Gasteiger partial charge in [-0.2, -0.15) is 0 Å². The first-order valence-electron chi connectivity index (χ1n) is 8.43. The van der Waals surface area contributed by atoms with Crippen LogP contribution in [0.4, 0.5) is 13.2 Å². The summed E-state index contributed by atoms with van der Waals surface area (Å²) in [6, 6.07) is 4.88. The molecule has 1 aliphatic rings. The molecule has 1 unspecified atom stereocenters. The molecule has 1 saturated heterocycles. The highest BCUT2D eigenvalue weighted by Crippen LogP contribution is 2.26. The standard InChI is InChI=1S/C17H21F3N2O5S/c1-26-15(16(24)21-8-11-23)12-6-9-22(10-7-12)28(25)14-4-2-13(3-5-14)27-17(18,19)20/h2-5,23H,6-11H2,1H3,(H,21,24). The number of aliphatic hydroxyl groups excluding tert-OH is 1. The van der Waals surface area contributed by atoms with Crippen LogP contribution < -0.4 is 10.1 Å². The number of nitrogens with one attached hydrogen (secondary N) is 1. The Morgan fingerprint density at radius 3 is 2.36 bits per heavy atom. The van der Waals surface area contributed by atoms with E-state index in [0.717, 1.165) is 17.7 Å². The first-order chi connectivity index (χ1) is 13.2. The Balaban J connectivity index is 1.99. The molecule has 7 nitrogen and oxygen atoms in total. The summed E-state index contributed by atoms with van der Waals surface area (Å²) in [6.45, 7) is 0.715. The maximum atomic E-state index is 12.6. The van der Waals surface area contributed by atoms with Gasteiger partial charge in [0.15, 0.2) is 5.76 Å². The average Bonchev–Trinajstić information content (AvgIpc) is 2.66. The monoisotopic (exact) mass is 422 g/mol. The maximum absolute atomic E-state index is 12.6. The van der Waals surface area contributed by atoms with Crippen molar-refractivity contribution < 1.29 is 36.8 Å². The van der Waals surface area contributed by atoms with Crippen molar-refractivity contribution in [3.8, 4) is 5.75 Å². The van der Waals surface area contributed by atoms with Crippen LogP contribution in [0.25, 0.3) is 0 Å². The first kappa shape index (κ1) is 22.2. The number of ether oxygens (including phenoxy) is 2. The van der Waals surface area contributed by atoms with E-state index in [2.05, 4.69) is 10.1 Å². The Hall–Kier alpha value is -2.11. The molecule has 28 heavy (non-hydrogen) atoms. The molecule has 2 N–H and O–H groups in total. The zero-order valence-corrected chi connectivity index (χ0v) is 15.9. The van der Waals surface area contributed by atoms with Gasteiger partial charge in [-0.1, -0.05) is 0 Å². The molecule has 0 spiro atoms. The topological polar surface area (TPSA) is 88.1 Å². The molecule has 1 amide bonds. The zero-order valence-electron chi connectivity index (χ0n) is 15.1. The normalized spacial score (nSPS) is 16.4. The highest BCUT2D eigenvalue weighted by molar-refractivity contribution is 7.82. The summed E-state index contributed by atoms with van der Waals surface area (Å²) in [5.74, 6) is -0.607. The molecular weight excluding hydrogens is 401 g/mol. The van der Waals surface area contributed by atoms with E-state index in [4.69, 9.17) is 9.84 Å². The van der Waals surface area contributed by atoms with Crippen molar-refractivity contribution >= 4 is 16.9 Å². The average molecular weight is 422 g/mol. The van der Waals surface area contributed by atoms with Crippen LogP contribution in [0.15, 0.2) is 40.5 Å². The second-order valence-electron chi connectivity index (χ2n) is 5.81. The Bertz CT molecular complexity index is 727. The first-order valence-corrected chi connectivity index (χ1v) is 9.53. The van der Waals surface area contributed by atoms with Crippen LogP contribution in [0.2, 0.25) is 0 Å². The lowest BCUT2D eigenvalue weighted by Gasteiger charge is -2.28. The molecule has 0 bridgehead atoms. The number of amides is 1. The fourth-order valence-corrected chi connectivity index (χ4v) is 3.88. The molecule has 0 aliphatic carbocycles. The number of alkyl halides is 3. The summed E-state index contributed by atoms with van der Waals surface area (Å²) in [7, 11) is -0.163. The summed E-state index contributed by atoms with van der Waals surface area (Å²) >= 11 is 0. The Kier molecular flexibility index (Phi) is 7.84. The third-order valence-corrected chi connectivity index (χ3v) is 5.46. The van der Waals surface area contributed by atoms with Gasteiger partial charge in [-0.3, -0.25) is 4.79 Å². The van der Waals surface area contributed by atoms with Gasteiger partial charge in [-0.25, -0.2) is 8.51 Å². The SMILES string of the molecule is COC(C(=O)NCCO)=C1CCN(S(=O)c2ccc(OC(F)(F)F)cc2)CC1. The maximum Gasteiger partial charge on any atom is 0.573 e. The number of benzene rings is 1. The number of carbonyl (C=O) groups excluding carboxylic acids is 1. The molecule has 1 aromatic rings. The van der Waals surface area contributed by atoms with E-state index in [0.29, 0.717) is 30.8 Å². The fourth-order valence-electron chi connectivity index (χ4n) is 2.70. The van der Waals surface area contributed by atoms with Crippen molar-refractivity contribution in [1.82, 2.24) is 9.62 Å². The third-order valence-electron chi connectivity index (χ3n) is 3.95. The van der Waals surface area contributed by atoms with Crippen LogP contribution >= 0.6 is 0 Å². The highest BCUT2D eigenvalue weighted by atomic mass is 32.2. The molecule has 1 aromatic carbocycles. The van der Waals surface area contributed by atoms with E-state index >= 15 is 0 Å². The molecule has 1 aliphatic heterocycles. The molecule has 0 radical (unpaired) electrons. The van der Waals surface area contributed by atoms with Crippen molar-refractivity contribution in [2.75, 3.05) is 33.4 Å². The third kappa shape index (κ3) is 6.21. The summed E-state index contributed by atoms with van der Waals surface area (Å²) in [5, 5.41) is 11.3. The molecule has 0 saturated carbocycles. The minimum absolute atomic E-state index is 0.114. The van der Waals surface area contributed by atoms with Crippen LogP contribution in [0, 0.1) is 0 Å². The van der Waals surface area contributed by atoms with Gasteiger partial charge in [0, 0.05) is 19.6 Å². The summed E-state index contributed by atoms with van der Waals surface area (Å²) in [5.41, 5.74) is 0.778. The highest BCUT2D eigenvalue weighted by Gasteiger charge is 2.31. The van der Waals surface area contributed by atoms with Crippen molar-refractivity contribution in [3.63, 3.8) is 0 Å². The Morgan fingerprint density at radius 1 is 1.25 bits per heavy atom. The smallest absolute Gasteiger partial charge is 0.491 e. The number of methoxy groups -OCH3 is 1. The minimum Gasteiger partial charge on any atom is -0.491 e. The summed E-state index contributed by atoms with van der Waals surface area (Å²) in [4.78, 5) is 12.4. The Labute approximate surface area is 162 Å². The molecule has 156 valence electrons. The number of carbonyl (C=O) groups is 1. The second-order valence-corrected chi connectivity index (χ2v) is 7.30. The van der Waals surface area contributed by atoms with Gasteiger partial charge in [-0.15, -0.1) is 13.2 Å². The largest absolute Gasteiger partial charge is 0.573 e.